The van der Waals surface area contributed by atoms with Crippen molar-refractivity contribution in [1.29, 1.82) is 0 Å². The number of rotatable bonds is 7. The van der Waals surface area contributed by atoms with Gasteiger partial charge in [-0.2, -0.15) is 13.5 Å². The summed E-state index contributed by atoms with van der Waals surface area (Å²) >= 11 is 12.3. The molecule has 0 aliphatic carbocycles. The van der Waals surface area contributed by atoms with Crippen molar-refractivity contribution in [3.05, 3.63) is 81.8 Å². The molecule has 4 aromatic carbocycles. The van der Waals surface area contributed by atoms with E-state index in [1.54, 1.807) is 43.3 Å². The quantitative estimate of drug-likeness (QED) is 0.189. The fourth-order valence-electron chi connectivity index (χ4n) is 3.79. The third-order valence-corrected chi connectivity index (χ3v) is 7.14. The molecule has 0 aliphatic heterocycles. The Morgan fingerprint density at radius 2 is 1.69 bits per heavy atom. The van der Waals surface area contributed by atoms with E-state index in [0.717, 1.165) is 0 Å². The van der Waals surface area contributed by atoms with E-state index in [9.17, 15) is 22.9 Å². The van der Waals surface area contributed by atoms with Crippen LogP contribution in [-0.2, 0) is 10.1 Å². The van der Waals surface area contributed by atoms with E-state index in [0.29, 0.717) is 33.8 Å². The average Bonchev–Trinajstić information content (AvgIpc) is 2.86. The van der Waals surface area contributed by atoms with Crippen LogP contribution in [0.15, 0.2) is 75.8 Å². The minimum atomic E-state index is -4.71. The number of nitrogens with zero attached hydrogens (tertiary/aromatic N) is 2. The standard InChI is InChI=1S/C26H21Cl2N3O6S.Na/c1-3-37-21-13-16(9-11-19(21)27)29-26(33)18-12-15-6-4-5-7-17(15)22(24(18)32)30-31-23-20(28)10-8-14(2)25(23)38(34,35)36;/h4-13,32H,3H2,1-2H3,(H,29,33)(H,34,35,36);/q;+1/p-1. The van der Waals surface area contributed by atoms with Crippen molar-refractivity contribution in [2.24, 2.45) is 10.2 Å². The third-order valence-electron chi connectivity index (χ3n) is 5.50. The molecule has 39 heavy (non-hydrogen) atoms. The number of nitrogens with one attached hydrogen (secondary N) is 1. The van der Waals surface area contributed by atoms with Crippen LogP contribution in [0.1, 0.15) is 22.8 Å². The Bertz CT molecular complexity index is 1710. The number of benzene rings is 4. The molecule has 4 aromatic rings. The molecule has 0 bridgehead atoms. The molecular weight excluding hydrogens is 576 g/mol. The topological polar surface area (TPSA) is 140 Å². The first kappa shape index (κ1) is 30.8. The summed E-state index contributed by atoms with van der Waals surface area (Å²) in [5.74, 6) is -1.10. The number of hydrogen-bond acceptors (Lipinski definition) is 7. The van der Waals surface area contributed by atoms with Gasteiger partial charge in [-0.1, -0.05) is 59.3 Å². The Morgan fingerprint density at radius 3 is 2.38 bits per heavy atom. The fraction of sp³-hybridized carbons (Fsp3) is 0.115. The van der Waals surface area contributed by atoms with Crippen LogP contribution < -0.4 is 44.7 Å². The number of amides is 1. The molecule has 0 spiro atoms. The maximum atomic E-state index is 13.4. The Kier molecular flexibility index (Phi) is 10.0. The fourth-order valence-corrected chi connectivity index (χ4v) is 5.08. The van der Waals surface area contributed by atoms with Crippen LogP contribution in [0.2, 0.25) is 10.0 Å². The van der Waals surface area contributed by atoms with Gasteiger partial charge in [-0.25, -0.2) is 0 Å². The van der Waals surface area contributed by atoms with Gasteiger partial charge in [0.2, 0.25) is 0 Å². The molecule has 0 heterocycles. The zero-order valence-corrected chi connectivity index (χ0v) is 25.4. The van der Waals surface area contributed by atoms with Gasteiger partial charge in [0.1, 0.15) is 16.3 Å². The molecule has 196 valence electrons. The molecule has 9 nitrogen and oxygen atoms in total. The first-order valence-electron chi connectivity index (χ1n) is 11.2. The van der Waals surface area contributed by atoms with Gasteiger partial charge in [0.05, 0.1) is 22.3 Å². The van der Waals surface area contributed by atoms with E-state index in [-0.39, 0.29) is 57.1 Å². The van der Waals surface area contributed by atoms with Crippen molar-refractivity contribution >= 4 is 67.1 Å². The smallest absolute Gasteiger partial charge is 0.870 e. The number of azo groups is 1. The monoisotopic (exact) mass is 595 g/mol. The Morgan fingerprint density at radius 1 is 1.03 bits per heavy atom. The second-order valence-electron chi connectivity index (χ2n) is 8.07. The zero-order chi connectivity index (χ0) is 27.6. The van der Waals surface area contributed by atoms with E-state index >= 15 is 0 Å². The number of halogens is 2. The van der Waals surface area contributed by atoms with Gasteiger partial charge >= 0.3 is 29.6 Å². The number of carbonyl (C=O) groups excluding carboxylic acids is 1. The molecular formula is C26H20Cl2N3NaO6S. The van der Waals surface area contributed by atoms with Crippen LogP contribution in [0, 0.1) is 6.92 Å². The van der Waals surface area contributed by atoms with Gasteiger partial charge in [-0.3, -0.25) is 9.35 Å². The van der Waals surface area contributed by atoms with Crippen LogP contribution in [-0.4, -0.2) is 25.5 Å². The molecule has 0 aromatic heterocycles. The minimum absolute atomic E-state index is 0. The van der Waals surface area contributed by atoms with E-state index in [4.69, 9.17) is 27.9 Å². The first-order chi connectivity index (χ1) is 18.0. The number of fused-ring (bicyclic) bond motifs is 1. The van der Waals surface area contributed by atoms with Crippen LogP contribution in [0.4, 0.5) is 17.1 Å². The zero-order valence-electron chi connectivity index (χ0n) is 21.0. The maximum absolute atomic E-state index is 13.4. The van der Waals surface area contributed by atoms with Crippen LogP contribution >= 0.6 is 23.2 Å². The summed E-state index contributed by atoms with van der Waals surface area (Å²) in [6, 6.07) is 15.6. The third kappa shape index (κ3) is 6.72. The van der Waals surface area contributed by atoms with E-state index in [2.05, 4.69) is 15.5 Å². The molecule has 1 amide bonds. The van der Waals surface area contributed by atoms with Gasteiger partial charge in [-0.05, 0) is 49.1 Å². The number of ether oxygens (including phenoxy) is 1. The molecule has 0 radical (unpaired) electrons. The molecule has 0 unspecified atom stereocenters. The summed E-state index contributed by atoms with van der Waals surface area (Å²) < 4.78 is 39.1. The Labute approximate surface area is 256 Å². The summed E-state index contributed by atoms with van der Waals surface area (Å²) in [6.45, 7) is 3.61. The molecule has 0 atom stereocenters. The molecule has 0 saturated carbocycles. The van der Waals surface area contributed by atoms with E-state index < -0.39 is 26.7 Å². The molecule has 0 aliphatic rings. The van der Waals surface area contributed by atoms with Crippen LogP contribution in [0.3, 0.4) is 0 Å². The SMILES string of the molecule is CCOc1cc(NC(=O)c2cc3ccccc3c(N=Nc3c(Cl)ccc(C)c3S(=O)(=O)O)c2[O-])ccc1Cl.[Na+]. The van der Waals surface area contributed by atoms with Gasteiger partial charge in [-0.15, -0.1) is 5.11 Å². The van der Waals surface area contributed by atoms with Crippen molar-refractivity contribution in [2.75, 3.05) is 11.9 Å². The van der Waals surface area contributed by atoms with Crippen LogP contribution in [0.5, 0.6) is 11.5 Å². The largest absolute Gasteiger partial charge is 1.00 e. The summed E-state index contributed by atoms with van der Waals surface area (Å²) in [6.07, 6.45) is 0. The second kappa shape index (κ2) is 12.6. The molecule has 0 saturated heterocycles. The summed E-state index contributed by atoms with van der Waals surface area (Å²) in [5.41, 5.74) is -0.241. The molecule has 0 fully saturated rings. The summed E-state index contributed by atoms with van der Waals surface area (Å²) in [5, 5.41) is 25.2. The summed E-state index contributed by atoms with van der Waals surface area (Å²) in [7, 11) is -4.71. The molecule has 4 rings (SSSR count). The average molecular weight is 596 g/mol. The predicted octanol–water partition coefficient (Wildman–Crippen LogP) is 3.85. The van der Waals surface area contributed by atoms with Crippen molar-refractivity contribution in [1.82, 2.24) is 0 Å². The van der Waals surface area contributed by atoms with Gasteiger partial charge < -0.3 is 15.2 Å². The number of carbonyl (C=O) groups is 1. The minimum Gasteiger partial charge on any atom is -0.870 e. The first-order valence-corrected chi connectivity index (χ1v) is 13.4. The van der Waals surface area contributed by atoms with E-state index in [1.165, 1.54) is 31.2 Å². The summed E-state index contributed by atoms with van der Waals surface area (Å²) in [4.78, 5) is 12.6. The second-order valence-corrected chi connectivity index (χ2v) is 10.2. The maximum Gasteiger partial charge on any atom is 1.00 e. The van der Waals surface area contributed by atoms with Gasteiger partial charge in [0.25, 0.3) is 16.0 Å². The Balaban J connectivity index is 0.00000420. The Hall–Kier alpha value is -2.70. The van der Waals surface area contributed by atoms with Crippen LogP contribution in [0.25, 0.3) is 10.8 Å². The normalized spacial score (nSPS) is 11.4. The molecule has 2 N–H and O–H groups in total. The van der Waals surface area contributed by atoms with Gasteiger partial charge in [0.15, 0.2) is 0 Å². The van der Waals surface area contributed by atoms with Crippen molar-refractivity contribution in [3.63, 3.8) is 0 Å². The van der Waals surface area contributed by atoms with Gasteiger partial charge in [0, 0.05) is 22.7 Å². The molecule has 13 heteroatoms. The van der Waals surface area contributed by atoms with Crippen molar-refractivity contribution < 1.29 is 57.2 Å². The number of anilines is 1. The number of hydrogen-bond donors (Lipinski definition) is 2. The van der Waals surface area contributed by atoms with E-state index in [1.807, 2.05) is 0 Å². The van der Waals surface area contributed by atoms with Crippen molar-refractivity contribution in [2.45, 2.75) is 18.7 Å². The predicted molar refractivity (Wildman–Crippen MR) is 144 cm³/mol. The van der Waals surface area contributed by atoms with Crippen molar-refractivity contribution in [3.8, 4) is 11.5 Å². The number of aryl methyl sites for hydroxylation is 1.